The molecule has 3 nitrogen and oxygen atoms in total. The maximum absolute atomic E-state index is 13.9. The number of carboxylic acids is 1. The predicted octanol–water partition coefficient (Wildman–Crippen LogP) is 3.54. The number of hydrogen-bond donors (Lipinski definition) is 1. The Labute approximate surface area is 119 Å². The van der Waals surface area contributed by atoms with E-state index in [2.05, 4.69) is 0 Å². The van der Waals surface area contributed by atoms with Crippen molar-refractivity contribution in [2.24, 2.45) is 5.41 Å². The fourth-order valence-electron chi connectivity index (χ4n) is 2.56. The van der Waals surface area contributed by atoms with Gasteiger partial charge in [0.1, 0.15) is 5.82 Å². The van der Waals surface area contributed by atoms with E-state index in [4.69, 9.17) is 0 Å². The molecule has 1 aromatic rings. The predicted molar refractivity (Wildman–Crippen MR) is 68.6 cm³/mol. The van der Waals surface area contributed by atoms with E-state index in [0.29, 0.717) is 25.5 Å². The van der Waals surface area contributed by atoms with Gasteiger partial charge in [0.15, 0.2) is 0 Å². The Kier molecular flexibility index (Phi) is 3.86. The van der Waals surface area contributed by atoms with Gasteiger partial charge in [0.05, 0.1) is 16.7 Å². The Balaban J connectivity index is 2.28. The highest BCUT2D eigenvalue weighted by atomic mass is 19.4. The average Bonchev–Trinajstić information content (AvgIpc) is 2.37. The summed E-state index contributed by atoms with van der Waals surface area (Å²) in [6.07, 6.45) is -3.60. The molecule has 0 saturated carbocycles. The first-order valence-electron chi connectivity index (χ1n) is 6.48. The van der Waals surface area contributed by atoms with E-state index in [-0.39, 0.29) is 12.2 Å². The molecule has 0 aromatic heterocycles. The Hall–Kier alpha value is -1.79. The van der Waals surface area contributed by atoms with E-state index in [1.54, 1.807) is 6.92 Å². The fraction of sp³-hybridized carbons (Fsp3) is 0.500. The summed E-state index contributed by atoms with van der Waals surface area (Å²) in [4.78, 5) is 12.7. The van der Waals surface area contributed by atoms with Crippen LogP contribution in [0.1, 0.15) is 25.3 Å². The van der Waals surface area contributed by atoms with Crippen LogP contribution in [0.5, 0.6) is 0 Å². The summed E-state index contributed by atoms with van der Waals surface area (Å²) in [5.41, 5.74) is -2.06. The summed E-state index contributed by atoms with van der Waals surface area (Å²) in [5, 5.41) is 9.21. The van der Waals surface area contributed by atoms with Crippen molar-refractivity contribution < 1.29 is 27.5 Å². The lowest BCUT2D eigenvalue weighted by molar-refractivity contribution is -0.148. The summed E-state index contributed by atoms with van der Waals surface area (Å²) < 4.78 is 51.5. The summed E-state index contributed by atoms with van der Waals surface area (Å²) in [6.45, 7) is 2.05. The molecule has 1 atom stereocenters. The minimum absolute atomic E-state index is 0.00942. The van der Waals surface area contributed by atoms with Gasteiger partial charge in [-0.25, -0.2) is 4.39 Å². The van der Waals surface area contributed by atoms with Crippen LogP contribution in [0.4, 0.5) is 23.2 Å². The summed E-state index contributed by atoms with van der Waals surface area (Å²) >= 11 is 0. The second-order valence-corrected chi connectivity index (χ2v) is 5.55. The molecule has 0 spiro atoms. The van der Waals surface area contributed by atoms with Crippen LogP contribution in [0.2, 0.25) is 0 Å². The third kappa shape index (κ3) is 3.11. The zero-order valence-corrected chi connectivity index (χ0v) is 11.4. The van der Waals surface area contributed by atoms with Gasteiger partial charge >= 0.3 is 12.1 Å². The third-order valence-electron chi connectivity index (χ3n) is 3.83. The number of nitrogens with zero attached hydrogens (tertiary/aromatic N) is 1. The molecule has 0 radical (unpaired) electrons. The number of carboxylic acid groups (broad SMARTS) is 1. The molecule has 1 N–H and O–H groups in total. The van der Waals surface area contributed by atoms with Crippen molar-refractivity contribution in [1.82, 2.24) is 0 Å². The van der Waals surface area contributed by atoms with Crippen molar-refractivity contribution >= 4 is 11.7 Å². The molecule has 1 aliphatic rings. The van der Waals surface area contributed by atoms with E-state index in [0.717, 1.165) is 12.1 Å². The first-order chi connectivity index (χ1) is 9.63. The number of halogens is 4. The molecule has 1 fully saturated rings. The van der Waals surface area contributed by atoms with Crippen molar-refractivity contribution in [2.75, 3.05) is 18.0 Å². The number of piperidine rings is 1. The monoisotopic (exact) mass is 305 g/mol. The zero-order chi connectivity index (χ0) is 15.8. The van der Waals surface area contributed by atoms with E-state index < -0.39 is 28.9 Å². The lowest BCUT2D eigenvalue weighted by Crippen LogP contribution is -2.46. The third-order valence-corrected chi connectivity index (χ3v) is 3.83. The highest BCUT2D eigenvalue weighted by Crippen LogP contribution is 2.36. The van der Waals surface area contributed by atoms with Crippen LogP contribution >= 0.6 is 0 Å². The van der Waals surface area contributed by atoms with Gasteiger partial charge in [-0.3, -0.25) is 4.79 Å². The van der Waals surface area contributed by atoms with Gasteiger partial charge in [0.2, 0.25) is 0 Å². The van der Waals surface area contributed by atoms with Crippen LogP contribution in [0.3, 0.4) is 0 Å². The van der Waals surface area contributed by atoms with Crippen molar-refractivity contribution in [3.8, 4) is 0 Å². The van der Waals surface area contributed by atoms with Gasteiger partial charge in [0.25, 0.3) is 0 Å². The highest BCUT2D eigenvalue weighted by molar-refractivity contribution is 5.75. The van der Waals surface area contributed by atoms with Crippen LogP contribution in [-0.2, 0) is 11.0 Å². The Bertz CT molecular complexity index is 558. The van der Waals surface area contributed by atoms with E-state index in [9.17, 15) is 27.5 Å². The highest BCUT2D eigenvalue weighted by Gasteiger charge is 2.39. The SMILES string of the molecule is CC1(C(=O)O)CCCN(c2ccc(C(F)(F)F)cc2F)C1. The molecule has 1 aromatic carbocycles. The number of carbonyl (C=O) groups is 1. The number of benzene rings is 1. The lowest BCUT2D eigenvalue weighted by Gasteiger charge is -2.39. The van der Waals surface area contributed by atoms with Gasteiger partial charge in [-0.1, -0.05) is 0 Å². The maximum Gasteiger partial charge on any atom is 0.416 e. The minimum Gasteiger partial charge on any atom is -0.481 e. The number of alkyl halides is 3. The molecular weight excluding hydrogens is 290 g/mol. The van der Waals surface area contributed by atoms with Crippen LogP contribution in [0, 0.1) is 11.2 Å². The molecule has 2 rings (SSSR count). The summed E-state index contributed by atoms with van der Waals surface area (Å²) in [6, 6.07) is 2.32. The molecule has 7 heteroatoms. The van der Waals surface area contributed by atoms with Gasteiger partial charge in [-0.2, -0.15) is 13.2 Å². The summed E-state index contributed by atoms with van der Waals surface area (Å²) in [7, 11) is 0. The fourth-order valence-corrected chi connectivity index (χ4v) is 2.56. The van der Waals surface area contributed by atoms with E-state index in [1.807, 2.05) is 0 Å². The average molecular weight is 305 g/mol. The smallest absolute Gasteiger partial charge is 0.416 e. The maximum atomic E-state index is 13.9. The quantitative estimate of drug-likeness (QED) is 0.850. The van der Waals surface area contributed by atoms with Crippen molar-refractivity contribution in [1.29, 1.82) is 0 Å². The second-order valence-electron chi connectivity index (χ2n) is 5.55. The van der Waals surface area contributed by atoms with Crippen LogP contribution in [-0.4, -0.2) is 24.2 Å². The molecule has 116 valence electrons. The Morgan fingerprint density at radius 3 is 2.57 bits per heavy atom. The topological polar surface area (TPSA) is 40.5 Å². The molecule has 1 saturated heterocycles. The minimum atomic E-state index is -4.60. The van der Waals surface area contributed by atoms with Crippen molar-refractivity contribution in [3.63, 3.8) is 0 Å². The first-order valence-corrected chi connectivity index (χ1v) is 6.48. The second kappa shape index (κ2) is 5.20. The van der Waals surface area contributed by atoms with Crippen molar-refractivity contribution in [3.05, 3.63) is 29.6 Å². The molecule has 21 heavy (non-hydrogen) atoms. The normalized spacial score (nSPS) is 23.2. The number of rotatable bonds is 2. The molecule has 0 amide bonds. The van der Waals surface area contributed by atoms with Gasteiger partial charge in [0, 0.05) is 13.1 Å². The lowest BCUT2D eigenvalue weighted by atomic mass is 9.82. The van der Waals surface area contributed by atoms with Crippen LogP contribution in [0.25, 0.3) is 0 Å². The molecule has 1 heterocycles. The molecule has 1 unspecified atom stereocenters. The molecule has 0 aliphatic carbocycles. The largest absolute Gasteiger partial charge is 0.481 e. The first kappa shape index (κ1) is 15.6. The van der Waals surface area contributed by atoms with Gasteiger partial charge in [-0.05, 0) is 38.0 Å². The van der Waals surface area contributed by atoms with E-state index in [1.165, 1.54) is 4.90 Å². The van der Waals surface area contributed by atoms with Crippen molar-refractivity contribution in [2.45, 2.75) is 25.9 Å². The standard InChI is InChI=1S/C14H15F4NO2/c1-13(12(20)21)5-2-6-19(8-13)11-4-3-9(7-10(11)15)14(16,17)18/h3-4,7H,2,5-6,8H2,1H3,(H,20,21). The van der Waals surface area contributed by atoms with Crippen LogP contribution < -0.4 is 4.90 Å². The zero-order valence-electron chi connectivity index (χ0n) is 11.4. The van der Waals surface area contributed by atoms with Gasteiger partial charge < -0.3 is 10.0 Å². The number of anilines is 1. The Morgan fingerprint density at radius 1 is 1.38 bits per heavy atom. The van der Waals surface area contributed by atoms with Crippen LogP contribution in [0.15, 0.2) is 18.2 Å². The summed E-state index contributed by atoms with van der Waals surface area (Å²) in [5.74, 6) is -1.97. The number of hydrogen-bond acceptors (Lipinski definition) is 2. The Morgan fingerprint density at radius 2 is 2.05 bits per heavy atom. The van der Waals surface area contributed by atoms with Gasteiger partial charge in [-0.15, -0.1) is 0 Å². The molecule has 0 bridgehead atoms. The number of aliphatic carboxylic acids is 1. The molecular formula is C14H15F4NO2. The van der Waals surface area contributed by atoms with E-state index >= 15 is 0 Å². The molecule has 1 aliphatic heterocycles.